The zero-order valence-electron chi connectivity index (χ0n) is 12.7. The van der Waals surface area contributed by atoms with Crippen molar-refractivity contribution in [1.29, 1.82) is 0 Å². The van der Waals surface area contributed by atoms with Crippen LogP contribution in [0.2, 0.25) is 0 Å². The average Bonchev–Trinajstić information content (AvgIpc) is 3.00. The van der Waals surface area contributed by atoms with Gasteiger partial charge in [-0.25, -0.2) is 0 Å². The van der Waals surface area contributed by atoms with Crippen LogP contribution in [0.25, 0.3) is 0 Å². The van der Waals surface area contributed by atoms with Gasteiger partial charge >= 0.3 is 6.61 Å². The highest BCUT2D eigenvalue weighted by molar-refractivity contribution is 7.12. The first kappa shape index (κ1) is 17.8. The zero-order chi connectivity index (χ0) is 17.5. The maximum absolute atomic E-state index is 12.3. The number of nitrogens with one attached hydrogen (secondary N) is 1. The second-order valence-corrected chi connectivity index (χ2v) is 5.70. The minimum Gasteiger partial charge on any atom is -0.433 e. The summed E-state index contributed by atoms with van der Waals surface area (Å²) >= 11 is 0.959. The molecule has 0 radical (unpaired) electrons. The summed E-state index contributed by atoms with van der Waals surface area (Å²) in [5.74, 6) is -1.16. The number of hydrogen-bond donors (Lipinski definition) is 1. The SMILES string of the molecule is CN(Cc1cccnc1)C(=O)CNC(=O)c1sccc1OC(F)F. The zero-order valence-corrected chi connectivity index (χ0v) is 13.6. The van der Waals surface area contributed by atoms with Crippen LogP contribution < -0.4 is 10.1 Å². The fraction of sp³-hybridized carbons (Fsp3) is 0.267. The second kappa shape index (κ2) is 8.34. The monoisotopic (exact) mass is 355 g/mol. The minimum absolute atomic E-state index is 0.00184. The molecule has 2 aromatic heterocycles. The molecular weight excluding hydrogens is 340 g/mol. The van der Waals surface area contributed by atoms with Crippen LogP contribution in [0.5, 0.6) is 5.75 Å². The van der Waals surface area contributed by atoms with Crippen LogP contribution >= 0.6 is 11.3 Å². The maximum atomic E-state index is 12.3. The van der Waals surface area contributed by atoms with Crippen molar-refractivity contribution in [3.05, 3.63) is 46.4 Å². The molecule has 2 rings (SSSR count). The van der Waals surface area contributed by atoms with Crippen molar-refractivity contribution in [3.8, 4) is 5.75 Å². The Bertz CT molecular complexity index is 694. The molecule has 0 bridgehead atoms. The summed E-state index contributed by atoms with van der Waals surface area (Å²) in [4.78, 5) is 29.4. The molecule has 128 valence electrons. The smallest absolute Gasteiger partial charge is 0.387 e. The lowest BCUT2D eigenvalue weighted by atomic mass is 10.2. The normalized spacial score (nSPS) is 10.5. The summed E-state index contributed by atoms with van der Waals surface area (Å²) < 4.78 is 28.8. The van der Waals surface area contributed by atoms with Gasteiger partial charge in [0.25, 0.3) is 5.91 Å². The third kappa shape index (κ3) is 4.98. The third-order valence-electron chi connectivity index (χ3n) is 3.02. The fourth-order valence-corrected chi connectivity index (χ4v) is 2.62. The summed E-state index contributed by atoms with van der Waals surface area (Å²) in [6.45, 7) is -2.92. The number of carbonyl (C=O) groups is 2. The van der Waals surface area contributed by atoms with Gasteiger partial charge in [-0.05, 0) is 23.1 Å². The molecule has 0 aliphatic carbocycles. The molecule has 0 unspecified atom stereocenters. The van der Waals surface area contributed by atoms with E-state index in [-0.39, 0.29) is 23.1 Å². The van der Waals surface area contributed by atoms with E-state index in [2.05, 4.69) is 15.0 Å². The van der Waals surface area contributed by atoms with Crippen molar-refractivity contribution in [2.75, 3.05) is 13.6 Å². The number of pyridine rings is 1. The van der Waals surface area contributed by atoms with E-state index >= 15 is 0 Å². The predicted molar refractivity (Wildman–Crippen MR) is 84.0 cm³/mol. The van der Waals surface area contributed by atoms with Crippen LogP contribution in [0.1, 0.15) is 15.2 Å². The molecule has 1 N–H and O–H groups in total. The number of likely N-dealkylation sites (N-methyl/N-ethyl adjacent to an activating group) is 1. The van der Waals surface area contributed by atoms with Gasteiger partial charge in [-0.2, -0.15) is 8.78 Å². The van der Waals surface area contributed by atoms with Crippen molar-refractivity contribution in [1.82, 2.24) is 15.2 Å². The van der Waals surface area contributed by atoms with Gasteiger partial charge < -0.3 is 15.0 Å². The molecule has 6 nitrogen and oxygen atoms in total. The van der Waals surface area contributed by atoms with Gasteiger partial charge in [0, 0.05) is 26.0 Å². The van der Waals surface area contributed by atoms with Crippen molar-refractivity contribution in [2.45, 2.75) is 13.2 Å². The van der Waals surface area contributed by atoms with E-state index in [1.807, 2.05) is 6.07 Å². The lowest BCUT2D eigenvalue weighted by Crippen LogP contribution is -2.37. The number of aromatic nitrogens is 1. The molecule has 0 spiro atoms. The van der Waals surface area contributed by atoms with E-state index in [4.69, 9.17) is 0 Å². The van der Waals surface area contributed by atoms with E-state index in [1.165, 1.54) is 16.3 Å². The quantitative estimate of drug-likeness (QED) is 0.826. The van der Waals surface area contributed by atoms with Gasteiger partial charge in [-0.3, -0.25) is 14.6 Å². The molecule has 9 heteroatoms. The Balaban J connectivity index is 1.87. The van der Waals surface area contributed by atoms with Gasteiger partial charge in [0.05, 0.1) is 6.54 Å². The predicted octanol–water partition coefficient (Wildman–Crippen LogP) is 2.13. The number of amides is 2. The van der Waals surface area contributed by atoms with Gasteiger partial charge in [0.1, 0.15) is 10.6 Å². The number of halogens is 2. The fourth-order valence-electron chi connectivity index (χ4n) is 1.88. The number of hydrogen-bond acceptors (Lipinski definition) is 5. The Morgan fingerprint density at radius 1 is 1.42 bits per heavy atom. The number of alkyl halides is 2. The third-order valence-corrected chi connectivity index (χ3v) is 3.91. The molecule has 0 aromatic carbocycles. The summed E-state index contributed by atoms with van der Waals surface area (Å²) in [5.41, 5.74) is 0.852. The van der Waals surface area contributed by atoms with E-state index < -0.39 is 12.5 Å². The van der Waals surface area contributed by atoms with Crippen molar-refractivity contribution in [3.63, 3.8) is 0 Å². The highest BCUT2D eigenvalue weighted by Crippen LogP contribution is 2.26. The molecule has 0 aliphatic heterocycles. The highest BCUT2D eigenvalue weighted by Gasteiger charge is 2.19. The molecule has 2 heterocycles. The Kier molecular flexibility index (Phi) is 6.19. The van der Waals surface area contributed by atoms with Crippen LogP contribution in [0, 0.1) is 0 Å². The summed E-state index contributed by atoms with van der Waals surface area (Å²) in [5, 5.41) is 3.87. The molecule has 0 atom stereocenters. The van der Waals surface area contributed by atoms with Crippen LogP contribution in [0.3, 0.4) is 0 Å². The summed E-state index contributed by atoms with van der Waals surface area (Å²) in [7, 11) is 1.60. The lowest BCUT2D eigenvalue weighted by Gasteiger charge is -2.17. The first-order valence-corrected chi connectivity index (χ1v) is 7.78. The van der Waals surface area contributed by atoms with Gasteiger partial charge in [-0.1, -0.05) is 6.07 Å². The van der Waals surface area contributed by atoms with Crippen LogP contribution in [0.15, 0.2) is 36.0 Å². The molecule has 0 aliphatic rings. The summed E-state index contributed by atoms with van der Waals surface area (Å²) in [6.07, 6.45) is 3.27. The maximum Gasteiger partial charge on any atom is 0.387 e. The molecule has 0 fully saturated rings. The first-order valence-electron chi connectivity index (χ1n) is 6.90. The van der Waals surface area contributed by atoms with E-state index in [9.17, 15) is 18.4 Å². The number of carbonyl (C=O) groups excluding carboxylic acids is 2. The Morgan fingerprint density at radius 3 is 2.88 bits per heavy atom. The summed E-state index contributed by atoms with van der Waals surface area (Å²) in [6, 6.07) is 4.87. The van der Waals surface area contributed by atoms with Crippen molar-refractivity contribution >= 4 is 23.2 Å². The lowest BCUT2D eigenvalue weighted by molar-refractivity contribution is -0.129. The Hall–Kier alpha value is -2.55. The van der Waals surface area contributed by atoms with E-state index in [0.29, 0.717) is 6.54 Å². The number of ether oxygens (including phenoxy) is 1. The minimum atomic E-state index is -3.02. The number of rotatable bonds is 7. The second-order valence-electron chi connectivity index (χ2n) is 4.79. The molecule has 24 heavy (non-hydrogen) atoms. The standard InChI is InChI=1S/C15H15F2N3O3S/c1-20(9-10-3-2-5-18-7-10)12(21)8-19-14(22)13-11(4-6-24-13)23-15(16)17/h2-7,15H,8-9H2,1H3,(H,19,22). The van der Waals surface area contributed by atoms with E-state index in [1.54, 1.807) is 25.5 Å². The Labute approximate surface area is 141 Å². The van der Waals surface area contributed by atoms with Crippen LogP contribution in [0.4, 0.5) is 8.78 Å². The number of thiophene rings is 1. The average molecular weight is 355 g/mol. The van der Waals surface area contributed by atoms with Crippen LogP contribution in [-0.2, 0) is 11.3 Å². The van der Waals surface area contributed by atoms with Gasteiger partial charge in [-0.15, -0.1) is 11.3 Å². The van der Waals surface area contributed by atoms with Crippen molar-refractivity contribution < 1.29 is 23.1 Å². The van der Waals surface area contributed by atoms with Crippen LogP contribution in [-0.4, -0.2) is 41.9 Å². The van der Waals surface area contributed by atoms with Gasteiger partial charge in [0.15, 0.2) is 0 Å². The molecule has 0 saturated carbocycles. The molecular formula is C15H15F2N3O3S. The first-order chi connectivity index (χ1) is 11.5. The molecule has 0 saturated heterocycles. The van der Waals surface area contributed by atoms with Crippen molar-refractivity contribution in [2.24, 2.45) is 0 Å². The highest BCUT2D eigenvalue weighted by atomic mass is 32.1. The molecule has 2 amide bonds. The molecule has 2 aromatic rings. The van der Waals surface area contributed by atoms with E-state index in [0.717, 1.165) is 16.9 Å². The Morgan fingerprint density at radius 2 is 2.21 bits per heavy atom. The number of nitrogens with zero attached hydrogens (tertiary/aromatic N) is 2. The largest absolute Gasteiger partial charge is 0.433 e. The van der Waals surface area contributed by atoms with Gasteiger partial charge in [0.2, 0.25) is 5.91 Å². The topological polar surface area (TPSA) is 71.5 Å².